The lowest BCUT2D eigenvalue weighted by Crippen LogP contribution is -2.09. The highest BCUT2D eigenvalue weighted by Gasteiger charge is 2.42. The highest BCUT2D eigenvalue weighted by atomic mass is 35.5. The molecule has 0 aliphatic rings. The zero-order valence-electron chi connectivity index (χ0n) is 12.4. The Bertz CT molecular complexity index is 548. The minimum Gasteiger partial charge on any atom is -0.324 e. The minimum absolute atomic E-state index is 0.168. The molecule has 0 amide bonds. The van der Waals surface area contributed by atoms with Crippen molar-refractivity contribution in [3.63, 3.8) is 0 Å². The normalized spacial score (nSPS) is 12.8. The molecule has 0 atom stereocenters. The maximum Gasteiger partial charge on any atom is 0.340 e. The Balaban J connectivity index is 2.21. The second kappa shape index (κ2) is 9.59. The molecule has 0 aliphatic heterocycles. The molecule has 132 valence electrons. The fraction of sp³-hybridized carbons (Fsp3) is 0.538. The van der Waals surface area contributed by atoms with Gasteiger partial charge < -0.3 is 19.6 Å². The third-order valence-electron chi connectivity index (χ3n) is 3.22. The highest BCUT2D eigenvalue weighted by molar-refractivity contribution is 7.99. The van der Waals surface area contributed by atoms with E-state index in [4.69, 9.17) is 31.2 Å². The van der Waals surface area contributed by atoms with Gasteiger partial charge in [-0.2, -0.15) is 0 Å². The molecular formula is C13H21ClO6P2S. The van der Waals surface area contributed by atoms with Gasteiger partial charge in [-0.05, 0) is 42.9 Å². The highest BCUT2D eigenvalue weighted by Crippen LogP contribution is 2.61. The fourth-order valence-corrected chi connectivity index (χ4v) is 5.68. The first kappa shape index (κ1) is 21.2. The van der Waals surface area contributed by atoms with Crippen molar-refractivity contribution in [2.24, 2.45) is 0 Å². The van der Waals surface area contributed by atoms with Gasteiger partial charge in [0.05, 0.1) is 0 Å². The van der Waals surface area contributed by atoms with Crippen molar-refractivity contribution >= 4 is 38.6 Å². The summed E-state index contributed by atoms with van der Waals surface area (Å²) in [4.78, 5) is 37.1. The van der Waals surface area contributed by atoms with Crippen molar-refractivity contribution in [1.29, 1.82) is 0 Å². The molecule has 0 heterocycles. The van der Waals surface area contributed by atoms with E-state index in [1.165, 1.54) is 0 Å². The number of rotatable bonds is 10. The molecule has 10 heteroatoms. The minimum atomic E-state index is -4.78. The van der Waals surface area contributed by atoms with Crippen LogP contribution in [-0.4, -0.2) is 30.7 Å². The van der Waals surface area contributed by atoms with E-state index in [-0.39, 0.29) is 6.42 Å². The molecule has 1 aromatic carbocycles. The van der Waals surface area contributed by atoms with Crippen molar-refractivity contribution < 1.29 is 28.7 Å². The van der Waals surface area contributed by atoms with Crippen LogP contribution in [0.1, 0.15) is 32.1 Å². The van der Waals surface area contributed by atoms with Crippen LogP contribution in [0.25, 0.3) is 0 Å². The first-order chi connectivity index (χ1) is 10.6. The summed E-state index contributed by atoms with van der Waals surface area (Å²) in [5.41, 5.74) is 0. The Morgan fingerprint density at radius 2 is 1.43 bits per heavy atom. The first-order valence-corrected chi connectivity index (χ1v) is 11.8. The first-order valence-electron chi connectivity index (χ1n) is 7.09. The molecule has 4 N–H and O–H groups in total. The maximum absolute atomic E-state index is 11.1. The topological polar surface area (TPSA) is 115 Å². The number of halogens is 1. The van der Waals surface area contributed by atoms with E-state index in [1.54, 1.807) is 11.8 Å². The molecular weight excluding hydrogens is 382 g/mol. The van der Waals surface area contributed by atoms with Gasteiger partial charge in [-0.15, -0.1) is 11.8 Å². The van der Waals surface area contributed by atoms with Crippen LogP contribution in [0.3, 0.4) is 0 Å². The summed E-state index contributed by atoms with van der Waals surface area (Å²) in [6.45, 7) is 0. The van der Waals surface area contributed by atoms with Crippen LogP contribution in [0.5, 0.6) is 0 Å². The van der Waals surface area contributed by atoms with Gasteiger partial charge in [-0.1, -0.05) is 30.9 Å². The van der Waals surface area contributed by atoms with E-state index >= 15 is 0 Å². The van der Waals surface area contributed by atoms with E-state index in [0.717, 1.165) is 23.5 Å². The number of hydrogen-bond donors (Lipinski definition) is 4. The molecule has 6 nitrogen and oxygen atoms in total. The standard InChI is InChI=1S/C13H21ClO6P2S/c14-11-6-8-12(9-7-11)23-10-4-2-1-3-5-13(21(15,16)17)22(18,19)20/h6-9,13H,1-5,10H2,(H2,15,16,17)(H2,18,19,20). The summed E-state index contributed by atoms with van der Waals surface area (Å²) in [7, 11) is -9.56. The zero-order valence-corrected chi connectivity index (χ0v) is 15.8. The summed E-state index contributed by atoms with van der Waals surface area (Å²) in [6.07, 6.45) is 2.66. The zero-order chi connectivity index (χ0) is 17.5. The van der Waals surface area contributed by atoms with E-state index in [2.05, 4.69) is 0 Å². The molecule has 0 unspecified atom stereocenters. The van der Waals surface area contributed by atoms with Gasteiger partial charge in [0.2, 0.25) is 0 Å². The van der Waals surface area contributed by atoms with Gasteiger partial charge >= 0.3 is 15.2 Å². The Morgan fingerprint density at radius 1 is 0.913 bits per heavy atom. The number of benzene rings is 1. The Hall–Kier alpha value is 0.160. The van der Waals surface area contributed by atoms with E-state index < -0.39 is 20.6 Å². The second-order valence-electron chi connectivity index (χ2n) is 5.16. The molecule has 0 saturated carbocycles. The lowest BCUT2D eigenvalue weighted by atomic mass is 10.2. The molecule has 0 fully saturated rings. The van der Waals surface area contributed by atoms with Crippen molar-refractivity contribution in [3.05, 3.63) is 29.3 Å². The second-order valence-corrected chi connectivity index (χ2v) is 10.8. The van der Waals surface area contributed by atoms with Crippen LogP contribution in [0.2, 0.25) is 5.02 Å². The largest absolute Gasteiger partial charge is 0.340 e. The molecule has 23 heavy (non-hydrogen) atoms. The van der Waals surface area contributed by atoms with E-state index in [9.17, 15) is 9.13 Å². The van der Waals surface area contributed by atoms with Gasteiger partial charge in [0.15, 0.2) is 5.40 Å². The van der Waals surface area contributed by atoms with E-state index in [0.29, 0.717) is 17.9 Å². The van der Waals surface area contributed by atoms with Crippen LogP contribution >= 0.6 is 38.6 Å². The molecule has 0 radical (unpaired) electrons. The lowest BCUT2D eigenvalue weighted by molar-refractivity contribution is 0.333. The third kappa shape index (κ3) is 8.71. The van der Waals surface area contributed by atoms with E-state index in [1.807, 2.05) is 24.3 Å². The fourth-order valence-electron chi connectivity index (χ4n) is 2.04. The molecule has 0 spiro atoms. The number of hydrogen-bond acceptors (Lipinski definition) is 3. The lowest BCUT2D eigenvalue weighted by Gasteiger charge is -2.19. The Morgan fingerprint density at radius 3 is 1.96 bits per heavy atom. The van der Waals surface area contributed by atoms with Gasteiger partial charge in [-0.25, -0.2) is 0 Å². The molecule has 0 aliphatic carbocycles. The number of thioether (sulfide) groups is 1. The van der Waals surface area contributed by atoms with Crippen LogP contribution in [0.4, 0.5) is 0 Å². The Labute approximate surface area is 145 Å². The number of unbranched alkanes of at least 4 members (excludes halogenated alkanes) is 3. The summed E-state index contributed by atoms with van der Waals surface area (Å²) >= 11 is 7.49. The molecule has 1 aromatic rings. The average Bonchev–Trinajstić information content (AvgIpc) is 2.41. The van der Waals surface area contributed by atoms with Crippen LogP contribution in [-0.2, 0) is 9.13 Å². The summed E-state index contributed by atoms with van der Waals surface area (Å²) < 4.78 is 22.2. The predicted octanol–water partition coefficient (Wildman–Crippen LogP) is 4.06. The third-order valence-corrected chi connectivity index (χ3v) is 8.44. The van der Waals surface area contributed by atoms with Crippen molar-refractivity contribution in [3.8, 4) is 0 Å². The molecule has 0 aromatic heterocycles. The van der Waals surface area contributed by atoms with Crippen molar-refractivity contribution in [2.75, 3.05) is 5.75 Å². The van der Waals surface area contributed by atoms with Crippen LogP contribution in [0, 0.1) is 0 Å². The molecule has 0 bridgehead atoms. The SMILES string of the molecule is O=P(O)(O)C(CCCCCCSc1ccc(Cl)cc1)P(=O)(O)O. The molecule has 1 rings (SSSR count). The van der Waals surface area contributed by atoms with Gasteiger partial charge in [0.25, 0.3) is 0 Å². The van der Waals surface area contributed by atoms with Gasteiger partial charge in [0.1, 0.15) is 0 Å². The average molecular weight is 403 g/mol. The summed E-state index contributed by atoms with van der Waals surface area (Å²) in [6, 6.07) is 7.54. The Kier molecular flexibility index (Phi) is 8.84. The van der Waals surface area contributed by atoms with Gasteiger partial charge in [0, 0.05) is 9.92 Å². The quantitative estimate of drug-likeness (QED) is 0.265. The smallest absolute Gasteiger partial charge is 0.324 e. The predicted molar refractivity (Wildman–Crippen MR) is 93.1 cm³/mol. The van der Waals surface area contributed by atoms with Crippen molar-refractivity contribution in [1.82, 2.24) is 0 Å². The van der Waals surface area contributed by atoms with Crippen molar-refractivity contribution in [2.45, 2.75) is 42.4 Å². The summed E-state index contributed by atoms with van der Waals surface area (Å²) in [5, 5.41) is -1.18. The summed E-state index contributed by atoms with van der Waals surface area (Å²) in [5.74, 6) is 0.905. The van der Waals surface area contributed by atoms with Crippen LogP contribution < -0.4 is 0 Å². The monoisotopic (exact) mass is 402 g/mol. The molecule has 0 saturated heterocycles. The van der Waals surface area contributed by atoms with Gasteiger partial charge in [-0.3, -0.25) is 9.13 Å². The maximum atomic E-state index is 11.1. The van der Waals surface area contributed by atoms with Crippen LogP contribution in [0.15, 0.2) is 29.2 Å².